The number of hydrogen-bond acceptors (Lipinski definition) is 3. The van der Waals surface area contributed by atoms with Gasteiger partial charge in [0.15, 0.2) is 6.61 Å². The molecule has 0 spiro atoms. The molecule has 0 fully saturated rings. The first-order valence-electron chi connectivity index (χ1n) is 6.36. The van der Waals surface area contributed by atoms with Gasteiger partial charge in [0.1, 0.15) is 5.75 Å². The lowest BCUT2D eigenvalue weighted by Gasteiger charge is -2.18. The zero-order chi connectivity index (χ0) is 15.7. The van der Waals surface area contributed by atoms with Crippen molar-refractivity contribution in [2.45, 2.75) is 0 Å². The molecule has 7 heteroatoms. The van der Waals surface area contributed by atoms with Crippen LogP contribution in [-0.4, -0.2) is 18.4 Å². The fourth-order valence-electron chi connectivity index (χ4n) is 2.03. The van der Waals surface area contributed by atoms with Gasteiger partial charge in [-0.25, -0.2) is 0 Å². The fraction of sp³-hybridized carbons (Fsp3) is 0.0667. The van der Waals surface area contributed by atoms with Gasteiger partial charge in [-0.05, 0) is 36.4 Å². The first kappa shape index (κ1) is 14.9. The molecule has 3 rings (SSSR count). The molecular formula is C15H10BrClN2O3. The summed E-state index contributed by atoms with van der Waals surface area (Å²) in [7, 11) is 0. The average Bonchev–Trinajstić information content (AvgIpc) is 2.49. The molecule has 2 aromatic carbocycles. The Labute approximate surface area is 139 Å². The summed E-state index contributed by atoms with van der Waals surface area (Å²) in [5.41, 5.74) is 1.41. The van der Waals surface area contributed by atoms with Gasteiger partial charge in [-0.2, -0.15) is 0 Å². The van der Waals surface area contributed by atoms with E-state index >= 15 is 0 Å². The number of carbonyl (C=O) groups excluding carboxylic acids is 2. The van der Waals surface area contributed by atoms with E-state index in [4.69, 9.17) is 16.3 Å². The Morgan fingerprint density at radius 1 is 1.27 bits per heavy atom. The van der Waals surface area contributed by atoms with Crippen molar-refractivity contribution in [2.24, 2.45) is 0 Å². The molecule has 0 unspecified atom stereocenters. The van der Waals surface area contributed by atoms with E-state index in [-0.39, 0.29) is 18.4 Å². The second kappa shape index (κ2) is 5.98. The lowest BCUT2D eigenvalue weighted by Crippen LogP contribution is -2.25. The summed E-state index contributed by atoms with van der Waals surface area (Å²) >= 11 is 9.34. The van der Waals surface area contributed by atoms with Crippen molar-refractivity contribution in [3.05, 3.63) is 51.5 Å². The summed E-state index contributed by atoms with van der Waals surface area (Å²) in [6.45, 7) is -0.00758. The van der Waals surface area contributed by atoms with Crippen molar-refractivity contribution in [3.8, 4) is 5.75 Å². The van der Waals surface area contributed by atoms with Crippen molar-refractivity contribution < 1.29 is 14.3 Å². The van der Waals surface area contributed by atoms with Gasteiger partial charge >= 0.3 is 0 Å². The van der Waals surface area contributed by atoms with E-state index < -0.39 is 0 Å². The Bertz CT molecular complexity index is 779. The van der Waals surface area contributed by atoms with Crippen LogP contribution >= 0.6 is 27.5 Å². The third kappa shape index (κ3) is 3.08. The molecule has 22 heavy (non-hydrogen) atoms. The topological polar surface area (TPSA) is 67.4 Å². The quantitative estimate of drug-likeness (QED) is 0.834. The zero-order valence-corrected chi connectivity index (χ0v) is 13.5. The molecule has 0 saturated carbocycles. The van der Waals surface area contributed by atoms with Crippen LogP contribution in [0.25, 0.3) is 0 Å². The number of carbonyl (C=O) groups is 2. The first-order chi connectivity index (χ1) is 10.5. The standard InChI is InChI=1S/C15H10BrClN2O3/c16-8-1-3-11(17)10(5-8)15(21)18-9-2-4-13-12(6-9)19-14(20)7-22-13/h1-6H,7H2,(H,18,21)(H,19,20). The number of fused-ring (bicyclic) bond motifs is 1. The number of hydrogen-bond donors (Lipinski definition) is 2. The molecule has 0 aromatic heterocycles. The largest absolute Gasteiger partial charge is 0.482 e. The van der Waals surface area contributed by atoms with Crippen molar-refractivity contribution in [3.63, 3.8) is 0 Å². The second-order valence-electron chi connectivity index (χ2n) is 4.63. The predicted octanol–water partition coefficient (Wildman–Crippen LogP) is 3.69. The minimum Gasteiger partial charge on any atom is -0.482 e. The number of anilines is 2. The van der Waals surface area contributed by atoms with Crippen LogP contribution in [0.1, 0.15) is 10.4 Å². The molecule has 2 N–H and O–H groups in total. The highest BCUT2D eigenvalue weighted by Gasteiger charge is 2.17. The summed E-state index contributed by atoms with van der Waals surface area (Å²) in [5, 5.41) is 5.78. The van der Waals surface area contributed by atoms with Gasteiger partial charge in [0.2, 0.25) is 0 Å². The summed E-state index contributed by atoms with van der Waals surface area (Å²) in [6.07, 6.45) is 0. The van der Waals surface area contributed by atoms with Crippen molar-refractivity contribution >= 4 is 50.7 Å². The van der Waals surface area contributed by atoms with Gasteiger partial charge in [-0.3, -0.25) is 9.59 Å². The highest BCUT2D eigenvalue weighted by molar-refractivity contribution is 9.10. The maximum absolute atomic E-state index is 12.3. The predicted molar refractivity (Wildman–Crippen MR) is 87.7 cm³/mol. The second-order valence-corrected chi connectivity index (χ2v) is 5.95. The van der Waals surface area contributed by atoms with E-state index in [9.17, 15) is 9.59 Å². The zero-order valence-electron chi connectivity index (χ0n) is 11.2. The lowest BCUT2D eigenvalue weighted by molar-refractivity contribution is -0.118. The maximum Gasteiger partial charge on any atom is 0.262 e. The van der Waals surface area contributed by atoms with E-state index in [1.807, 2.05) is 0 Å². The molecule has 5 nitrogen and oxygen atoms in total. The Morgan fingerprint density at radius 3 is 2.91 bits per heavy atom. The van der Waals surface area contributed by atoms with Crippen LogP contribution in [0, 0.1) is 0 Å². The molecule has 2 aromatic rings. The molecule has 1 aliphatic heterocycles. The Kier molecular flexibility index (Phi) is 4.04. The maximum atomic E-state index is 12.3. The van der Waals surface area contributed by atoms with Gasteiger partial charge < -0.3 is 15.4 Å². The summed E-state index contributed by atoms with van der Waals surface area (Å²) in [6, 6.07) is 10.1. The molecular weight excluding hydrogens is 372 g/mol. The Morgan fingerprint density at radius 2 is 2.09 bits per heavy atom. The molecule has 0 aliphatic carbocycles. The Balaban J connectivity index is 1.84. The van der Waals surface area contributed by atoms with Gasteiger partial charge in [-0.15, -0.1) is 0 Å². The van der Waals surface area contributed by atoms with Crippen LogP contribution in [0.4, 0.5) is 11.4 Å². The minimum absolute atomic E-state index is 0.00758. The van der Waals surface area contributed by atoms with Crippen LogP contribution < -0.4 is 15.4 Å². The highest BCUT2D eigenvalue weighted by Crippen LogP contribution is 2.31. The summed E-state index contributed by atoms with van der Waals surface area (Å²) in [4.78, 5) is 23.6. The van der Waals surface area contributed by atoms with Crippen molar-refractivity contribution in [2.75, 3.05) is 17.2 Å². The van der Waals surface area contributed by atoms with E-state index in [0.717, 1.165) is 4.47 Å². The molecule has 112 valence electrons. The average molecular weight is 382 g/mol. The number of benzene rings is 2. The fourth-order valence-corrected chi connectivity index (χ4v) is 2.60. The van der Waals surface area contributed by atoms with Gasteiger partial charge in [-0.1, -0.05) is 27.5 Å². The van der Waals surface area contributed by atoms with Crippen LogP contribution in [0.2, 0.25) is 5.02 Å². The van der Waals surface area contributed by atoms with Gasteiger partial charge in [0, 0.05) is 10.2 Å². The lowest BCUT2D eigenvalue weighted by atomic mass is 10.2. The van der Waals surface area contributed by atoms with E-state index in [0.29, 0.717) is 27.7 Å². The van der Waals surface area contributed by atoms with Crippen molar-refractivity contribution in [1.82, 2.24) is 0 Å². The third-order valence-electron chi connectivity index (χ3n) is 3.04. The summed E-state index contributed by atoms with van der Waals surface area (Å²) < 4.78 is 6.02. The molecule has 2 amide bonds. The summed E-state index contributed by atoms with van der Waals surface area (Å²) in [5.74, 6) is -0.00148. The Hall–Kier alpha value is -2.05. The van der Waals surface area contributed by atoms with E-state index in [1.165, 1.54) is 0 Å². The SMILES string of the molecule is O=C1COc2ccc(NC(=O)c3cc(Br)ccc3Cl)cc2N1. The third-order valence-corrected chi connectivity index (χ3v) is 3.87. The van der Waals surface area contributed by atoms with Crippen LogP contribution in [-0.2, 0) is 4.79 Å². The van der Waals surface area contributed by atoms with Crippen LogP contribution in [0.15, 0.2) is 40.9 Å². The molecule has 0 bridgehead atoms. The minimum atomic E-state index is -0.339. The number of rotatable bonds is 2. The van der Waals surface area contributed by atoms with Crippen LogP contribution in [0.5, 0.6) is 5.75 Å². The van der Waals surface area contributed by atoms with Gasteiger partial charge in [0.25, 0.3) is 11.8 Å². The molecule has 1 heterocycles. The van der Waals surface area contributed by atoms with Crippen molar-refractivity contribution in [1.29, 1.82) is 0 Å². The van der Waals surface area contributed by atoms with E-state index in [2.05, 4.69) is 26.6 Å². The van der Waals surface area contributed by atoms with E-state index in [1.54, 1.807) is 36.4 Å². The number of nitrogens with one attached hydrogen (secondary N) is 2. The molecule has 0 radical (unpaired) electrons. The molecule has 0 saturated heterocycles. The smallest absolute Gasteiger partial charge is 0.262 e. The van der Waals surface area contributed by atoms with Crippen LogP contribution in [0.3, 0.4) is 0 Å². The normalized spacial score (nSPS) is 12.9. The first-order valence-corrected chi connectivity index (χ1v) is 7.53. The number of halogens is 2. The monoisotopic (exact) mass is 380 g/mol. The van der Waals surface area contributed by atoms with Gasteiger partial charge in [0.05, 0.1) is 16.3 Å². The highest BCUT2D eigenvalue weighted by atomic mass is 79.9. The molecule has 1 aliphatic rings. The number of amides is 2. The molecule has 0 atom stereocenters. The number of ether oxygens (including phenoxy) is 1.